The van der Waals surface area contributed by atoms with E-state index in [-0.39, 0.29) is 0 Å². The predicted octanol–water partition coefficient (Wildman–Crippen LogP) is 15.7. The topological polar surface area (TPSA) is 92.1 Å². The molecular formula is C66H41N9. The Bertz CT molecular complexity index is 4640. The first-order valence-electron chi connectivity index (χ1n) is 25.0. The molecule has 15 aromatic rings. The van der Waals surface area contributed by atoms with Crippen LogP contribution in [0.15, 0.2) is 249 Å². The maximum atomic E-state index is 5.52. The van der Waals surface area contributed by atoms with Crippen molar-refractivity contribution in [2.24, 2.45) is 0 Å². The molecule has 0 aliphatic carbocycles. The molecule has 5 aromatic heterocycles. The second-order valence-corrected chi connectivity index (χ2v) is 18.7. The quantitative estimate of drug-likeness (QED) is 0.151. The maximum absolute atomic E-state index is 5.52. The molecule has 0 bridgehead atoms. The zero-order valence-electron chi connectivity index (χ0n) is 40.2. The highest BCUT2D eigenvalue weighted by molar-refractivity contribution is 6.23. The Morgan fingerprint density at radius 1 is 0.213 bits per heavy atom. The van der Waals surface area contributed by atoms with Gasteiger partial charge in [-0.1, -0.05) is 200 Å². The van der Waals surface area contributed by atoms with Gasteiger partial charge in [-0.2, -0.15) is 9.97 Å². The van der Waals surface area contributed by atoms with Gasteiger partial charge >= 0.3 is 0 Å². The predicted molar refractivity (Wildman–Crippen MR) is 303 cm³/mol. The van der Waals surface area contributed by atoms with E-state index in [1.165, 1.54) is 5.39 Å². The monoisotopic (exact) mass is 959 g/mol. The van der Waals surface area contributed by atoms with Crippen molar-refractivity contribution in [3.63, 3.8) is 0 Å². The number of para-hydroxylation sites is 4. The lowest BCUT2D eigenvalue weighted by Crippen LogP contribution is -2.07. The van der Waals surface area contributed by atoms with E-state index in [4.69, 9.17) is 29.9 Å². The lowest BCUT2D eigenvalue weighted by molar-refractivity contribution is 0.953. The van der Waals surface area contributed by atoms with Crippen LogP contribution in [0.4, 0.5) is 0 Å². The van der Waals surface area contributed by atoms with Crippen molar-refractivity contribution >= 4 is 65.4 Å². The second-order valence-electron chi connectivity index (χ2n) is 18.7. The van der Waals surface area contributed by atoms with Crippen LogP contribution in [-0.2, 0) is 0 Å². The van der Waals surface area contributed by atoms with Crippen LogP contribution in [0.3, 0.4) is 0 Å². The third-order valence-electron chi connectivity index (χ3n) is 14.3. The van der Waals surface area contributed by atoms with Gasteiger partial charge in [0, 0.05) is 71.5 Å². The van der Waals surface area contributed by atoms with Gasteiger partial charge in [0.15, 0.2) is 29.1 Å². The molecule has 0 N–H and O–H groups in total. The summed E-state index contributed by atoms with van der Waals surface area (Å²) < 4.78 is 6.95. The number of rotatable bonds is 8. The van der Waals surface area contributed by atoms with Gasteiger partial charge in [-0.05, 0) is 48.5 Å². The summed E-state index contributed by atoms with van der Waals surface area (Å²) in [6, 6.07) is 86.3. The lowest BCUT2D eigenvalue weighted by atomic mass is 10.1. The first kappa shape index (κ1) is 42.3. The lowest BCUT2D eigenvalue weighted by Gasteiger charge is -2.14. The molecule has 0 saturated carbocycles. The van der Waals surface area contributed by atoms with Crippen molar-refractivity contribution < 1.29 is 0 Å². The van der Waals surface area contributed by atoms with Crippen LogP contribution in [0.1, 0.15) is 0 Å². The van der Waals surface area contributed by atoms with Crippen molar-refractivity contribution in [1.29, 1.82) is 0 Å². The van der Waals surface area contributed by atoms with Crippen molar-refractivity contribution in [1.82, 2.24) is 43.6 Å². The van der Waals surface area contributed by atoms with Crippen molar-refractivity contribution in [2.75, 3.05) is 0 Å². The average Bonchev–Trinajstić information content (AvgIpc) is 4.23. The number of fused-ring (bicyclic) bond motifs is 10. The number of aromatic nitrogens is 9. The van der Waals surface area contributed by atoms with E-state index in [1.54, 1.807) is 0 Å². The zero-order valence-corrected chi connectivity index (χ0v) is 40.2. The van der Waals surface area contributed by atoms with Crippen LogP contribution in [0.5, 0.6) is 0 Å². The summed E-state index contributed by atoms with van der Waals surface area (Å²) in [5.41, 5.74) is 12.7. The standard InChI is InChI=1S/C66H41N9/c1-5-20-42(21-6-1)61-67-62(43-22-7-2-8-23-43)69-64(68-61)45-26-19-29-48(40-45)74-56-34-17-14-31-50(56)53-38-39-54-51-32-15-18-35-57(51)75(60(54)59(53)74)66-71-63(44-24-9-3-10-25-44)70-65(72-66)46-36-37-52-49-30-13-16-33-55(49)73(58(52)41-46)47-27-11-4-12-28-47/h1-41H. The highest BCUT2D eigenvalue weighted by Gasteiger charge is 2.25. The van der Waals surface area contributed by atoms with Gasteiger partial charge in [0.25, 0.3) is 0 Å². The number of hydrogen-bond acceptors (Lipinski definition) is 6. The molecule has 9 heteroatoms. The molecule has 0 spiro atoms. The summed E-state index contributed by atoms with van der Waals surface area (Å²) in [6.07, 6.45) is 0. The first-order chi connectivity index (χ1) is 37.2. The maximum Gasteiger partial charge on any atom is 0.238 e. The smallest absolute Gasteiger partial charge is 0.238 e. The molecule has 0 fully saturated rings. The molecule has 0 aliphatic rings. The Labute approximate surface area is 430 Å². The fraction of sp³-hybridized carbons (Fsp3) is 0. The Morgan fingerprint density at radius 2 is 0.573 bits per heavy atom. The van der Waals surface area contributed by atoms with E-state index in [1.807, 2.05) is 78.9 Å². The Hall–Kier alpha value is -10.4. The highest BCUT2D eigenvalue weighted by Crippen LogP contribution is 2.43. The molecule has 0 aliphatic heterocycles. The van der Waals surface area contributed by atoms with E-state index >= 15 is 0 Å². The van der Waals surface area contributed by atoms with Gasteiger partial charge in [0.1, 0.15) is 0 Å². The third kappa shape index (κ3) is 6.94. The van der Waals surface area contributed by atoms with Crippen LogP contribution in [0.25, 0.3) is 140 Å². The number of benzene rings is 10. The minimum atomic E-state index is 0.513. The molecule has 9 nitrogen and oxygen atoms in total. The molecule has 0 unspecified atom stereocenters. The molecule has 5 heterocycles. The summed E-state index contributed by atoms with van der Waals surface area (Å²) in [5, 5.41) is 6.72. The van der Waals surface area contributed by atoms with Crippen LogP contribution in [-0.4, -0.2) is 43.6 Å². The Kier molecular flexibility index (Phi) is 9.67. The number of nitrogens with zero attached hydrogens (tertiary/aromatic N) is 9. The molecule has 0 radical (unpaired) electrons. The largest absolute Gasteiger partial charge is 0.309 e. The van der Waals surface area contributed by atoms with Gasteiger partial charge in [-0.15, -0.1) is 0 Å². The van der Waals surface area contributed by atoms with E-state index < -0.39 is 0 Å². The molecule has 15 rings (SSSR count). The van der Waals surface area contributed by atoms with Gasteiger partial charge in [0.05, 0.1) is 33.1 Å². The molecule has 0 atom stereocenters. The van der Waals surface area contributed by atoms with Crippen LogP contribution >= 0.6 is 0 Å². The van der Waals surface area contributed by atoms with Gasteiger partial charge in [-0.25, -0.2) is 19.9 Å². The summed E-state index contributed by atoms with van der Waals surface area (Å²) >= 11 is 0. The van der Waals surface area contributed by atoms with E-state index in [9.17, 15) is 0 Å². The van der Waals surface area contributed by atoms with E-state index in [2.05, 4.69) is 184 Å². The van der Waals surface area contributed by atoms with Crippen LogP contribution in [0, 0.1) is 0 Å². The van der Waals surface area contributed by atoms with Gasteiger partial charge in [-0.3, -0.25) is 4.57 Å². The van der Waals surface area contributed by atoms with Crippen molar-refractivity contribution in [2.45, 2.75) is 0 Å². The fourth-order valence-corrected chi connectivity index (χ4v) is 11.0. The van der Waals surface area contributed by atoms with Gasteiger partial charge < -0.3 is 9.13 Å². The van der Waals surface area contributed by atoms with Gasteiger partial charge in [0.2, 0.25) is 5.95 Å². The molecule has 75 heavy (non-hydrogen) atoms. The van der Waals surface area contributed by atoms with Crippen molar-refractivity contribution in [3.8, 4) is 74.3 Å². The van der Waals surface area contributed by atoms with Crippen LogP contribution < -0.4 is 0 Å². The average molecular weight is 960 g/mol. The second kappa shape index (κ2) is 17.1. The normalized spacial score (nSPS) is 11.7. The summed E-state index contributed by atoms with van der Waals surface area (Å²) in [6.45, 7) is 0. The molecule has 10 aromatic carbocycles. The zero-order chi connectivity index (χ0) is 49.4. The molecule has 0 amide bonds. The number of hydrogen-bond donors (Lipinski definition) is 0. The first-order valence-corrected chi connectivity index (χ1v) is 25.0. The van der Waals surface area contributed by atoms with E-state index in [0.717, 1.165) is 99.2 Å². The fourth-order valence-electron chi connectivity index (χ4n) is 11.0. The Morgan fingerprint density at radius 3 is 1.13 bits per heavy atom. The minimum absolute atomic E-state index is 0.513. The Balaban J connectivity index is 0.989. The summed E-state index contributed by atoms with van der Waals surface area (Å²) in [7, 11) is 0. The van der Waals surface area contributed by atoms with Crippen molar-refractivity contribution in [3.05, 3.63) is 249 Å². The van der Waals surface area contributed by atoms with Crippen LogP contribution in [0.2, 0.25) is 0 Å². The molecule has 0 saturated heterocycles. The summed E-state index contributed by atoms with van der Waals surface area (Å²) in [4.78, 5) is 31.5. The highest BCUT2D eigenvalue weighted by atomic mass is 15.2. The SMILES string of the molecule is c1ccc(-c2nc(-c3ccccc3)nc(-c3cccc(-n4c5ccccc5c5ccc6c7ccccc7n(-c7nc(-c8ccccc8)nc(-c8ccc9c%10ccccc%10n(-c%10ccccc%10)c9c8)n7)c6c54)c3)n2)cc1. The third-order valence-corrected chi connectivity index (χ3v) is 14.3. The van der Waals surface area contributed by atoms with E-state index in [0.29, 0.717) is 35.1 Å². The molecule has 350 valence electrons. The summed E-state index contributed by atoms with van der Waals surface area (Å²) in [5.74, 6) is 3.46. The minimum Gasteiger partial charge on any atom is -0.309 e. The molecular weight excluding hydrogens is 919 g/mol.